The van der Waals surface area contributed by atoms with Crippen LogP contribution in [0, 0.1) is 5.92 Å². The largest absolute Gasteiger partial charge is 0.453 e. The Kier molecular flexibility index (Phi) is 3.75. The summed E-state index contributed by atoms with van der Waals surface area (Å²) in [6, 6.07) is 1.99. The Morgan fingerprint density at radius 2 is 2.26 bits per heavy atom. The Morgan fingerprint density at radius 3 is 3.00 bits per heavy atom. The summed E-state index contributed by atoms with van der Waals surface area (Å²) in [5.41, 5.74) is 1.66. The highest BCUT2D eigenvalue weighted by atomic mass is 79.9. The van der Waals surface area contributed by atoms with Crippen molar-refractivity contribution in [2.75, 3.05) is 19.9 Å². The van der Waals surface area contributed by atoms with E-state index < -0.39 is 0 Å². The number of fused-ring (bicyclic) bond motifs is 1. The van der Waals surface area contributed by atoms with Crippen LogP contribution in [0.1, 0.15) is 28.8 Å². The maximum atomic E-state index is 11.1. The molecule has 0 radical (unpaired) electrons. The molecule has 0 amide bonds. The highest BCUT2D eigenvalue weighted by molar-refractivity contribution is 9.10. The van der Waals surface area contributed by atoms with Crippen molar-refractivity contribution in [1.82, 2.24) is 5.32 Å². The molecule has 1 N–H and O–H groups in total. The first kappa shape index (κ1) is 12.9. The molecule has 4 nitrogen and oxygen atoms in total. The second-order valence-electron chi connectivity index (χ2n) is 5.03. The first-order valence-corrected chi connectivity index (χ1v) is 7.35. The van der Waals surface area contributed by atoms with Crippen molar-refractivity contribution in [3.05, 3.63) is 21.7 Å². The van der Waals surface area contributed by atoms with Crippen LogP contribution >= 0.6 is 15.9 Å². The van der Waals surface area contributed by atoms with Gasteiger partial charge in [-0.1, -0.05) is 0 Å². The SMILES string of the molecule is O=Cc1c(Br)cc(CC2CCCNC2)c2c1OCO2. The second-order valence-corrected chi connectivity index (χ2v) is 5.88. The Morgan fingerprint density at radius 1 is 1.42 bits per heavy atom. The standard InChI is InChI=1S/C14H16BrNO3/c15-12-5-10(4-9-2-1-3-16-6-9)13-14(11(12)7-17)19-8-18-13/h5,7,9,16H,1-4,6,8H2. The molecule has 1 aromatic rings. The molecule has 1 saturated heterocycles. The number of aldehydes is 1. The number of benzene rings is 1. The zero-order chi connectivity index (χ0) is 13.2. The molecule has 0 saturated carbocycles. The first-order chi connectivity index (χ1) is 9.29. The Bertz CT molecular complexity index is 498. The van der Waals surface area contributed by atoms with Crippen LogP contribution in [-0.2, 0) is 6.42 Å². The van der Waals surface area contributed by atoms with Gasteiger partial charge in [0.05, 0.1) is 5.56 Å². The van der Waals surface area contributed by atoms with Gasteiger partial charge >= 0.3 is 0 Å². The summed E-state index contributed by atoms with van der Waals surface area (Å²) in [7, 11) is 0. The molecule has 1 atom stereocenters. The third-order valence-electron chi connectivity index (χ3n) is 3.73. The average molecular weight is 326 g/mol. The highest BCUT2D eigenvalue weighted by Gasteiger charge is 2.26. The van der Waals surface area contributed by atoms with Crippen molar-refractivity contribution in [2.24, 2.45) is 5.92 Å². The van der Waals surface area contributed by atoms with Crippen LogP contribution in [0.5, 0.6) is 11.5 Å². The molecule has 2 aliphatic heterocycles. The fourth-order valence-electron chi connectivity index (χ4n) is 2.79. The molecule has 0 spiro atoms. The van der Waals surface area contributed by atoms with Crippen LogP contribution in [0.15, 0.2) is 10.5 Å². The average Bonchev–Trinajstić information content (AvgIpc) is 2.89. The zero-order valence-corrected chi connectivity index (χ0v) is 12.2. The number of carbonyl (C=O) groups excluding carboxylic acids is 1. The van der Waals surface area contributed by atoms with Gasteiger partial charge in [0.25, 0.3) is 0 Å². The van der Waals surface area contributed by atoms with Crippen molar-refractivity contribution < 1.29 is 14.3 Å². The Labute approximate surface area is 120 Å². The minimum Gasteiger partial charge on any atom is -0.453 e. The van der Waals surface area contributed by atoms with Crippen molar-refractivity contribution >= 4 is 22.2 Å². The molecular formula is C14H16BrNO3. The number of ether oxygens (including phenoxy) is 2. The number of piperidine rings is 1. The summed E-state index contributed by atoms with van der Waals surface area (Å²) in [6.07, 6.45) is 4.22. The van der Waals surface area contributed by atoms with Crippen molar-refractivity contribution in [2.45, 2.75) is 19.3 Å². The molecule has 19 heavy (non-hydrogen) atoms. The van der Waals surface area contributed by atoms with Gasteiger partial charge in [0.2, 0.25) is 6.79 Å². The molecule has 2 heterocycles. The Balaban J connectivity index is 1.91. The number of carbonyl (C=O) groups is 1. The van der Waals surface area contributed by atoms with Gasteiger partial charge in [-0.05, 0) is 65.8 Å². The molecule has 1 fully saturated rings. The van der Waals surface area contributed by atoms with E-state index >= 15 is 0 Å². The third-order valence-corrected chi connectivity index (χ3v) is 4.39. The number of hydrogen-bond donors (Lipinski definition) is 1. The van der Waals surface area contributed by atoms with E-state index in [-0.39, 0.29) is 6.79 Å². The van der Waals surface area contributed by atoms with Gasteiger partial charge in [-0.3, -0.25) is 4.79 Å². The summed E-state index contributed by atoms with van der Waals surface area (Å²) in [6.45, 7) is 2.35. The van der Waals surface area contributed by atoms with Crippen LogP contribution in [0.4, 0.5) is 0 Å². The molecule has 3 rings (SSSR count). The molecule has 1 unspecified atom stereocenters. The monoisotopic (exact) mass is 325 g/mol. The number of halogens is 1. The molecular weight excluding hydrogens is 310 g/mol. The summed E-state index contributed by atoms with van der Waals surface area (Å²) >= 11 is 3.44. The quantitative estimate of drug-likeness (QED) is 0.867. The Hall–Kier alpha value is -1.07. The summed E-state index contributed by atoms with van der Waals surface area (Å²) in [4.78, 5) is 11.1. The van der Waals surface area contributed by atoms with Gasteiger partial charge in [-0.2, -0.15) is 0 Å². The smallest absolute Gasteiger partial charge is 0.231 e. The fourth-order valence-corrected chi connectivity index (χ4v) is 3.34. The maximum Gasteiger partial charge on any atom is 0.231 e. The summed E-state index contributed by atoms with van der Waals surface area (Å²) < 4.78 is 11.8. The molecule has 0 aliphatic carbocycles. The maximum absolute atomic E-state index is 11.1. The van der Waals surface area contributed by atoms with E-state index in [1.54, 1.807) is 0 Å². The van der Waals surface area contributed by atoms with Gasteiger partial charge in [-0.15, -0.1) is 0 Å². The fraction of sp³-hybridized carbons (Fsp3) is 0.500. The van der Waals surface area contributed by atoms with E-state index in [0.29, 0.717) is 17.2 Å². The molecule has 102 valence electrons. The van der Waals surface area contributed by atoms with E-state index in [9.17, 15) is 4.79 Å². The lowest BCUT2D eigenvalue weighted by molar-refractivity contribution is 0.111. The molecule has 0 aromatic heterocycles. The minimum absolute atomic E-state index is 0.197. The van der Waals surface area contributed by atoms with Crippen LogP contribution in [0.3, 0.4) is 0 Å². The predicted molar refractivity (Wildman–Crippen MR) is 75.0 cm³/mol. The first-order valence-electron chi connectivity index (χ1n) is 6.56. The van der Waals surface area contributed by atoms with Crippen LogP contribution in [0.2, 0.25) is 0 Å². The van der Waals surface area contributed by atoms with E-state index in [0.717, 1.165) is 41.6 Å². The van der Waals surface area contributed by atoms with E-state index in [1.165, 1.54) is 12.8 Å². The van der Waals surface area contributed by atoms with Gasteiger partial charge in [0.1, 0.15) is 0 Å². The molecule has 1 aromatic carbocycles. The lowest BCUT2D eigenvalue weighted by Gasteiger charge is -2.23. The molecule has 5 heteroatoms. The van der Waals surface area contributed by atoms with Gasteiger partial charge in [0.15, 0.2) is 17.8 Å². The predicted octanol–water partition coefficient (Wildman–Crippen LogP) is 2.53. The van der Waals surface area contributed by atoms with E-state index in [1.807, 2.05) is 6.07 Å². The lowest BCUT2D eigenvalue weighted by atomic mass is 9.91. The second kappa shape index (κ2) is 5.51. The van der Waals surface area contributed by atoms with E-state index in [2.05, 4.69) is 21.2 Å². The minimum atomic E-state index is 0.197. The zero-order valence-electron chi connectivity index (χ0n) is 10.6. The van der Waals surface area contributed by atoms with Gasteiger partial charge < -0.3 is 14.8 Å². The highest BCUT2D eigenvalue weighted by Crippen LogP contribution is 2.43. The van der Waals surface area contributed by atoms with Crippen molar-refractivity contribution in [3.8, 4) is 11.5 Å². The van der Waals surface area contributed by atoms with E-state index in [4.69, 9.17) is 9.47 Å². The number of hydrogen-bond acceptors (Lipinski definition) is 4. The lowest BCUT2D eigenvalue weighted by Crippen LogP contribution is -2.30. The molecule has 0 bridgehead atoms. The summed E-state index contributed by atoms with van der Waals surface area (Å²) in [5, 5.41) is 3.42. The van der Waals surface area contributed by atoms with Crippen LogP contribution in [-0.4, -0.2) is 26.2 Å². The third kappa shape index (κ3) is 2.49. The number of rotatable bonds is 3. The van der Waals surface area contributed by atoms with Crippen LogP contribution < -0.4 is 14.8 Å². The van der Waals surface area contributed by atoms with Crippen molar-refractivity contribution in [1.29, 1.82) is 0 Å². The topological polar surface area (TPSA) is 47.6 Å². The summed E-state index contributed by atoms with van der Waals surface area (Å²) in [5.74, 6) is 1.95. The number of nitrogens with one attached hydrogen (secondary N) is 1. The molecule has 2 aliphatic rings. The van der Waals surface area contributed by atoms with Crippen LogP contribution in [0.25, 0.3) is 0 Å². The van der Waals surface area contributed by atoms with Gasteiger partial charge in [0, 0.05) is 4.47 Å². The normalized spacial score (nSPS) is 21.4. The van der Waals surface area contributed by atoms with Crippen molar-refractivity contribution in [3.63, 3.8) is 0 Å². The van der Waals surface area contributed by atoms with Gasteiger partial charge in [-0.25, -0.2) is 0 Å².